The number of aromatic nitrogens is 6. The van der Waals surface area contributed by atoms with Gasteiger partial charge >= 0.3 is 30.7 Å². The Hall–Kier alpha value is -5.72. The van der Waals surface area contributed by atoms with Crippen LogP contribution in [0.4, 0.5) is 78.5 Å². The number of hydrogen-bond acceptors (Lipinski definition) is 19. The normalized spacial score (nSPS) is 21.2. The number of thiophene rings is 3. The number of alkyl carbamates (subject to hydrolysis) is 2. The average molecular weight is 1320 g/mol. The minimum absolute atomic E-state index is 0.0275. The van der Waals surface area contributed by atoms with Gasteiger partial charge in [0.05, 0.1) is 35.4 Å². The summed E-state index contributed by atoms with van der Waals surface area (Å²) < 4.78 is 126. The third-order valence-corrected chi connectivity index (χ3v) is 19.7. The number of anilines is 5. The monoisotopic (exact) mass is 1320 g/mol. The Kier molecular flexibility index (Phi) is 17.9. The van der Waals surface area contributed by atoms with Crippen molar-refractivity contribution in [1.82, 2.24) is 40.5 Å². The van der Waals surface area contributed by atoms with E-state index in [0.29, 0.717) is 67.3 Å². The highest BCUT2D eigenvalue weighted by molar-refractivity contribution is 7.19. The number of rotatable bonds is 10. The van der Waals surface area contributed by atoms with Crippen LogP contribution in [0.15, 0.2) is 18.2 Å². The van der Waals surface area contributed by atoms with Gasteiger partial charge in [-0.2, -0.15) is 54.5 Å². The van der Waals surface area contributed by atoms with Crippen LogP contribution >= 0.6 is 45.6 Å². The van der Waals surface area contributed by atoms with Gasteiger partial charge in [0, 0.05) is 102 Å². The molecule has 18 nitrogen and oxygen atoms in total. The maximum atomic E-state index is 12.9. The molecule has 6 aliphatic rings. The summed E-state index contributed by atoms with van der Waals surface area (Å²) in [5.74, 6) is 2.80. The van der Waals surface area contributed by atoms with Crippen molar-refractivity contribution in [2.75, 3.05) is 78.7 Å². The molecule has 3 atom stereocenters. The van der Waals surface area contributed by atoms with Gasteiger partial charge in [-0.3, -0.25) is 0 Å². The summed E-state index contributed by atoms with van der Waals surface area (Å²) in [5.41, 5.74) is 5.33. The lowest BCUT2D eigenvalue weighted by atomic mass is 9.78. The summed E-state index contributed by atoms with van der Waals surface area (Å²) in [7, 11) is 3.40. The van der Waals surface area contributed by atoms with Crippen LogP contribution in [0.1, 0.15) is 114 Å². The Bertz CT molecular complexity index is 3530. The minimum atomic E-state index is -4.28. The summed E-state index contributed by atoms with van der Waals surface area (Å²) in [6.45, 7) is 15.6. The molecule has 31 heteroatoms. The average Bonchev–Trinajstić information content (AvgIpc) is 2.06. The molecule has 6 N–H and O–H groups in total. The lowest BCUT2D eigenvalue weighted by Crippen LogP contribution is -2.56. The van der Waals surface area contributed by atoms with Gasteiger partial charge in [-0.05, 0) is 129 Å². The van der Waals surface area contributed by atoms with Crippen molar-refractivity contribution >= 4 is 118 Å². The summed E-state index contributed by atoms with van der Waals surface area (Å²) >= 11 is 9.19. The zero-order chi connectivity index (χ0) is 63.7. The zero-order valence-electron chi connectivity index (χ0n) is 49.9. The largest absolute Gasteiger partial charge is 0.444 e. The van der Waals surface area contributed by atoms with Gasteiger partial charge in [0.15, 0.2) is 0 Å². The Morgan fingerprint density at radius 2 is 0.875 bits per heavy atom. The topological polar surface area (TPSA) is 214 Å². The van der Waals surface area contributed by atoms with Crippen molar-refractivity contribution in [2.24, 2.45) is 22.0 Å². The first kappa shape index (κ1) is 65.2. The lowest BCUT2D eigenvalue weighted by Gasteiger charge is -2.49. The molecular formula is C57H72ClF9N14O4S3. The number of carbonyl (C=O) groups is 2. The molecule has 482 valence electrons. The minimum Gasteiger partial charge on any atom is -0.444 e. The number of nitrogens with zero attached hydrogens (tertiary/aromatic N) is 9. The molecule has 0 bridgehead atoms. The van der Waals surface area contributed by atoms with Gasteiger partial charge in [-0.15, -0.1) is 34.0 Å². The van der Waals surface area contributed by atoms with E-state index in [2.05, 4.69) is 61.0 Å². The van der Waals surface area contributed by atoms with E-state index in [0.717, 1.165) is 124 Å². The number of ether oxygens (including phenoxy) is 2. The van der Waals surface area contributed by atoms with E-state index in [1.165, 1.54) is 6.07 Å². The summed E-state index contributed by atoms with van der Waals surface area (Å²) in [4.78, 5) is 58.9. The quantitative estimate of drug-likeness (QED) is 0.0637. The highest BCUT2D eigenvalue weighted by Crippen LogP contribution is 2.52. The molecule has 0 radical (unpaired) electrons. The van der Waals surface area contributed by atoms with E-state index >= 15 is 0 Å². The number of carbonyl (C=O) groups excluding carboxylic acids is 2. The number of nitrogens with one attached hydrogen (secondary N) is 4. The number of hydrogen-bond donors (Lipinski definition) is 5. The molecule has 6 aromatic rings. The van der Waals surface area contributed by atoms with Gasteiger partial charge in [-0.1, -0.05) is 0 Å². The van der Waals surface area contributed by atoms with Crippen molar-refractivity contribution in [3.63, 3.8) is 0 Å². The fourth-order valence-corrected chi connectivity index (χ4v) is 16.5. The molecule has 3 spiro atoms. The van der Waals surface area contributed by atoms with Crippen LogP contribution in [-0.4, -0.2) is 143 Å². The Morgan fingerprint density at radius 3 is 1.19 bits per heavy atom. The third kappa shape index (κ3) is 15.9. The molecule has 3 saturated heterocycles. The predicted molar refractivity (Wildman–Crippen MR) is 325 cm³/mol. The number of amides is 2. The molecule has 2 amide bonds. The number of fused-ring (bicyclic) bond motifs is 3. The Balaban J connectivity index is 0.000000147. The molecule has 12 rings (SSSR count). The zero-order valence-corrected chi connectivity index (χ0v) is 53.1. The van der Waals surface area contributed by atoms with Crippen molar-refractivity contribution in [1.29, 1.82) is 0 Å². The summed E-state index contributed by atoms with van der Waals surface area (Å²) in [6.07, 6.45) is -7.96. The first-order chi connectivity index (χ1) is 40.9. The van der Waals surface area contributed by atoms with Crippen LogP contribution < -0.4 is 41.7 Å². The van der Waals surface area contributed by atoms with Gasteiger partial charge in [0.2, 0.25) is 17.2 Å². The number of nitrogens with two attached hydrogens (primary N) is 1. The van der Waals surface area contributed by atoms with Crippen molar-refractivity contribution < 1.29 is 58.6 Å². The van der Waals surface area contributed by atoms with E-state index in [1.54, 1.807) is 26.2 Å². The van der Waals surface area contributed by atoms with Gasteiger partial charge in [0.25, 0.3) is 0 Å². The molecule has 88 heavy (non-hydrogen) atoms. The van der Waals surface area contributed by atoms with Crippen molar-refractivity contribution in [2.45, 2.75) is 166 Å². The van der Waals surface area contributed by atoms with Crippen molar-refractivity contribution in [3.8, 4) is 0 Å². The molecule has 6 aromatic heterocycles. The first-order valence-corrected chi connectivity index (χ1v) is 31.9. The van der Waals surface area contributed by atoms with E-state index in [9.17, 15) is 49.1 Å². The fourth-order valence-electron chi connectivity index (χ4n) is 13.1. The molecule has 3 aliphatic carbocycles. The highest BCUT2D eigenvalue weighted by Gasteiger charge is 2.52. The SMILES string of the molecule is CC(C)(C)OC(=O)NC1CCC2(C1)CN(c1nc(Cl)nc3sc(CC(F)(F)F)cc13)C2.CNc1nc(N2CC3(CCC(N)C3)C2)c2cc(CC(F)(F)F)sc2n1.CNc1nc(N2CC3(CCC(NC(=O)OC(C)(C)C)C3)C2)c2cc(CC(F)(F)F)sc2n1. The van der Waals surface area contributed by atoms with Gasteiger partial charge in [0.1, 0.15) is 43.1 Å². The van der Waals surface area contributed by atoms with Crippen LogP contribution in [0.25, 0.3) is 30.6 Å². The van der Waals surface area contributed by atoms with Gasteiger partial charge in [-0.25, -0.2) is 24.5 Å². The Morgan fingerprint density at radius 1 is 0.545 bits per heavy atom. The summed E-state index contributed by atoms with van der Waals surface area (Å²) in [5, 5.41) is 13.7. The highest BCUT2D eigenvalue weighted by atomic mass is 35.5. The molecule has 9 heterocycles. The summed E-state index contributed by atoms with van der Waals surface area (Å²) in [6, 6.07) is 5.05. The van der Waals surface area contributed by atoms with Crippen LogP contribution in [-0.2, 0) is 28.7 Å². The van der Waals surface area contributed by atoms with Gasteiger partial charge < -0.3 is 51.2 Å². The second-order valence-corrected chi connectivity index (χ2v) is 30.2. The van der Waals surface area contributed by atoms with E-state index in [4.69, 9.17) is 26.8 Å². The molecule has 0 aromatic carbocycles. The first-order valence-electron chi connectivity index (χ1n) is 29.0. The van der Waals surface area contributed by atoms with Crippen LogP contribution in [0, 0.1) is 16.2 Å². The fraction of sp³-hybridized carbons (Fsp3) is 0.649. The molecule has 3 unspecified atom stereocenters. The van der Waals surface area contributed by atoms with E-state index in [1.807, 2.05) is 46.4 Å². The lowest BCUT2D eigenvalue weighted by molar-refractivity contribution is -0.127. The maximum Gasteiger partial charge on any atom is 0.407 e. The second kappa shape index (κ2) is 24.1. The smallest absolute Gasteiger partial charge is 0.407 e. The third-order valence-electron chi connectivity index (χ3n) is 16.5. The van der Waals surface area contributed by atoms with Crippen LogP contribution in [0.3, 0.4) is 0 Å². The Labute approximate surface area is 519 Å². The standard InChI is InChI=1S/C21H28F3N5O2S.C20H24ClF3N4O2S.C16H20F3N5S/c1-19(2,3)31-18(30)26-12-5-6-20(8-12)10-29(11-20)15-14-7-13(9-21(22,23)24)32-16(14)28-17(25-4)27-15;1-18(2,3)30-17(29)25-11-4-5-19(7-11)9-28(10-19)14-13-6-12(8-20(22,23)24)31-15(13)27-16(21)26-14;1-21-14-22-12(24-7-15(8-24)3-2-9(20)5-15)11-4-10(6-16(17,18)19)25-13(11)23-14/h7,12H,5-6,8-11H2,1-4H3,(H,26,30)(H,25,27,28);6,11H,4-5,7-10H2,1-3H3,(H,25,29);4,9H,2-3,5-8,20H2,1H3,(H,21,22,23). The molecular weight excluding hydrogens is 1250 g/mol. The predicted octanol–water partition coefficient (Wildman–Crippen LogP) is 13.2. The molecule has 6 fully saturated rings. The second-order valence-electron chi connectivity index (χ2n) is 26.5. The number of halogens is 10. The van der Waals surface area contributed by atoms with Crippen LogP contribution in [0.2, 0.25) is 5.28 Å². The number of alkyl halides is 9. The van der Waals surface area contributed by atoms with E-state index < -0.39 is 61.2 Å². The molecule has 3 saturated carbocycles. The van der Waals surface area contributed by atoms with Crippen molar-refractivity contribution in [3.05, 3.63) is 38.1 Å². The van der Waals surface area contributed by atoms with Crippen LogP contribution in [0.5, 0.6) is 0 Å². The maximum absolute atomic E-state index is 12.9. The molecule has 3 aliphatic heterocycles. The van der Waals surface area contributed by atoms with E-state index in [-0.39, 0.29) is 54.3 Å².